The summed E-state index contributed by atoms with van der Waals surface area (Å²) < 4.78 is 31.1. The molecule has 0 aliphatic rings. The van der Waals surface area contributed by atoms with Crippen LogP contribution in [0.1, 0.15) is 31.1 Å². The van der Waals surface area contributed by atoms with Gasteiger partial charge >= 0.3 is 6.09 Å². The van der Waals surface area contributed by atoms with Gasteiger partial charge in [-0.2, -0.15) is 0 Å². The number of nitrogens with one attached hydrogen (secondary N) is 3. The summed E-state index contributed by atoms with van der Waals surface area (Å²) in [5, 5.41) is 7.29. The van der Waals surface area contributed by atoms with Gasteiger partial charge in [-0.15, -0.1) is 0 Å². The van der Waals surface area contributed by atoms with Gasteiger partial charge in [0.1, 0.15) is 5.60 Å². The molecular formula is C20H21F2N3O4. The number of benzene rings is 2. The predicted octanol–water partition coefficient (Wildman–Crippen LogP) is 3.68. The van der Waals surface area contributed by atoms with Gasteiger partial charge in [-0.25, -0.2) is 13.6 Å². The van der Waals surface area contributed by atoms with E-state index in [4.69, 9.17) is 4.74 Å². The van der Waals surface area contributed by atoms with Crippen molar-refractivity contribution in [2.75, 3.05) is 17.2 Å². The first kappa shape index (κ1) is 21.8. The van der Waals surface area contributed by atoms with Gasteiger partial charge in [-0.3, -0.25) is 14.9 Å². The molecule has 0 atom stereocenters. The Morgan fingerprint density at radius 2 is 1.52 bits per heavy atom. The fraction of sp³-hybridized carbons (Fsp3) is 0.250. The molecule has 0 aliphatic heterocycles. The van der Waals surface area contributed by atoms with E-state index in [1.54, 1.807) is 20.8 Å². The molecule has 0 unspecified atom stereocenters. The molecule has 2 rings (SSSR count). The molecule has 0 bridgehead atoms. The number of hydrogen-bond acceptors (Lipinski definition) is 4. The molecule has 154 valence electrons. The number of carbonyl (C=O) groups is 3. The number of carbonyl (C=O) groups excluding carboxylic acids is 3. The quantitative estimate of drug-likeness (QED) is 0.707. The van der Waals surface area contributed by atoms with Crippen LogP contribution in [0.25, 0.3) is 0 Å². The molecule has 2 aromatic carbocycles. The second-order valence-electron chi connectivity index (χ2n) is 7.06. The summed E-state index contributed by atoms with van der Waals surface area (Å²) in [6.07, 6.45) is -0.622. The first-order valence-electron chi connectivity index (χ1n) is 8.67. The monoisotopic (exact) mass is 405 g/mol. The van der Waals surface area contributed by atoms with E-state index in [2.05, 4.69) is 16.0 Å². The van der Waals surface area contributed by atoms with Crippen LogP contribution in [0.5, 0.6) is 0 Å². The summed E-state index contributed by atoms with van der Waals surface area (Å²) in [5.74, 6) is -3.24. The normalized spacial score (nSPS) is 10.8. The first-order valence-corrected chi connectivity index (χ1v) is 8.67. The molecule has 2 aromatic rings. The summed E-state index contributed by atoms with van der Waals surface area (Å²) >= 11 is 0. The second kappa shape index (κ2) is 9.13. The molecule has 0 saturated heterocycles. The minimum Gasteiger partial charge on any atom is -0.444 e. The molecule has 7 nitrogen and oxygen atoms in total. The zero-order chi connectivity index (χ0) is 21.6. The maximum absolute atomic E-state index is 13.1. The molecule has 0 saturated carbocycles. The van der Waals surface area contributed by atoms with Crippen molar-refractivity contribution < 1.29 is 27.9 Å². The summed E-state index contributed by atoms with van der Waals surface area (Å²) in [4.78, 5) is 35.7. The van der Waals surface area contributed by atoms with Gasteiger partial charge in [0, 0.05) is 23.0 Å². The lowest BCUT2D eigenvalue weighted by Crippen LogP contribution is -2.32. The van der Waals surface area contributed by atoms with Crippen LogP contribution in [-0.4, -0.2) is 30.1 Å². The molecule has 0 aliphatic carbocycles. The van der Waals surface area contributed by atoms with Gasteiger partial charge in [0.2, 0.25) is 5.91 Å². The molecule has 3 amide bonds. The van der Waals surface area contributed by atoms with Gasteiger partial charge in [0.25, 0.3) is 5.91 Å². The van der Waals surface area contributed by atoms with E-state index in [1.807, 2.05) is 0 Å². The number of ether oxygens (including phenoxy) is 1. The van der Waals surface area contributed by atoms with Crippen molar-refractivity contribution in [2.45, 2.75) is 26.4 Å². The SMILES string of the molecule is CC(C)(C)OC(=O)Nc1ccc(C(=O)NCC(=O)Nc2ccc(F)c(F)c2)cc1. The van der Waals surface area contributed by atoms with Crippen molar-refractivity contribution in [1.82, 2.24) is 5.32 Å². The summed E-state index contributed by atoms with van der Waals surface area (Å²) in [7, 11) is 0. The highest BCUT2D eigenvalue weighted by molar-refractivity contribution is 5.99. The number of rotatable bonds is 5. The van der Waals surface area contributed by atoms with Crippen LogP contribution in [0, 0.1) is 11.6 Å². The van der Waals surface area contributed by atoms with Gasteiger partial charge < -0.3 is 15.4 Å². The average Bonchev–Trinajstić information content (AvgIpc) is 2.62. The van der Waals surface area contributed by atoms with E-state index < -0.39 is 35.1 Å². The molecule has 9 heteroatoms. The molecule has 0 fully saturated rings. The van der Waals surface area contributed by atoms with E-state index in [0.29, 0.717) is 5.69 Å². The molecule has 29 heavy (non-hydrogen) atoms. The highest BCUT2D eigenvalue weighted by Crippen LogP contribution is 2.14. The van der Waals surface area contributed by atoms with Crippen LogP contribution in [0.3, 0.4) is 0 Å². The van der Waals surface area contributed by atoms with E-state index in [9.17, 15) is 23.2 Å². The first-order chi connectivity index (χ1) is 13.5. The van der Waals surface area contributed by atoms with Gasteiger partial charge in [-0.05, 0) is 57.2 Å². The smallest absolute Gasteiger partial charge is 0.412 e. The summed E-state index contributed by atoms with van der Waals surface area (Å²) in [6.45, 7) is 4.85. The summed E-state index contributed by atoms with van der Waals surface area (Å²) in [6, 6.07) is 8.89. The Morgan fingerprint density at radius 1 is 0.897 bits per heavy atom. The molecule has 3 N–H and O–H groups in total. The summed E-state index contributed by atoms with van der Waals surface area (Å²) in [5.41, 5.74) is 0.137. The Morgan fingerprint density at radius 3 is 2.10 bits per heavy atom. The molecule has 0 heterocycles. The standard InChI is InChI=1S/C20H21F2N3O4/c1-20(2,3)29-19(28)25-13-6-4-12(5-7-13)18(27)23-11-17(26)24-14-8-9-15(21)16(22)10-14/h4-10H,11H2,1-3H3,(H,23,27)(H,24,26)(H,25,28). The van der Waals surface area contributed by atoms with Crippen LogP contribution in [-0.2, 0) is 9.53 Å². The van der Waals surface area contributed by atoms with E-state index in [1.165, 1.54) is 30.3 Å². The minimum atomic E-state index is -1.09. The van der Waals surface area contributed by atoms with Gasteiger partial charge in [-0.1, -0.05) is 0 Å². The third-order valence-corrected chi connectivity index (χ3v) is 3.41. The Labute approximate surface area is 166 Å². The van der Waals surface area contributed by atoms with Crippen molar-refractivity contribution in [3.05, 3.63) is 59.7 Å². The van der Waals surface area contributed by atoms with Crippen molar-refractivity contribution >= 4 is 29.3 Å². The average molecular weight is 405 g/mol. The van der Waals surface area contributed by atoms with Crippen molar-refractivity contribution in [3.63, 3.8) is 0 Å². The fourth-order valence-corrected chi connectivity index (χ4v) is 2.17. The Kier molecular flexibility index (Phi) is 6.87. The third kappa shape index (κ3) is 7.21. The maximum Gasteiger partial charge on any atom is 0.412 e. The Bertz CT molecular complexity index is 909. The molecule has 0 aromatic heterocycles. The number of amides is 3. The Hall–Kier alpha value is -3.49. The van der Waals surface area contributed by atoms with E-state index >= 15 is 0 Å². The molecule has 0 radical (unpaired) electrons. The number of anilines is 2. The minimum absolute atomic E-state index is 0.0701. The lowest BCUT2D eigenvalue weighted by molar-refractivity contribution is -0.115. The van der Waals surface area contributed by atoms with E-state index in [-0.39, 0.29) is 17.8 Å². The predicted molar refractivity (Wildman–Crippen MR) is 104 cm³/mol. The van der Waals surface area contributed by atoms with Crippen LogP contribution in [0.2, 0.25) is 0 Å². The van der Waals surface area contributed by atoms with Crippen molar-refractivity contribution in [2.24, 2.45) is 0 Å². The zero-order valence-electron chi connectivity index (χ0n) is 16.1. The van der Waals surface area contributed by atoms with Crippen LogP contribution >= 0.6 is 0 Å². The largest absolute Gasteiger partial charge is 0.444 e. The lowest BCUT2D eigenvalue weighted by atomic mass is 10.2. The molecule has 0 spiro atoms. The molecular weight excluding hydrogens is 384 g/mol. The Balaban J connectivity index is 1.85. The number of hydrogen-bond donors (Lipinski definition) is 3. The van der Waals surface area contributed by atoms with Gasteiger partial charge in [0.05, 0.1) is 6.54 Å². The van der Waals surface area contributed by atoms with Crippen LogP contribution < -0.4 is 16.0 Å². The van der Waals surface area contributed by atoms with Crippen LogP contribution in [0.4, 0.5) is 25.0 Å². The van der Waals surface area contributed by atoms with Crippen molar-refractivity contribution in [1.29, 1.82) is 0 Å². The second-order valence-corrected chi connectivity index (χ2v) is 7.06. The van der Waals surface area contributed by atoms with Crippen molar-refractivity contribution in [3.8, 4) is 0 Å². The van der Waals surface area contributed by atoms with E-state index in [0.717, 1.165) is 12.1 Å². The highest BCUT2D eigenvalue weighted by atomic mass is 19.2. The topological polar surface area (TPSA) is 96.5 Å². The number of halogens is 2. The fourth-order valence-electron chi connectivity index (χ4n) is 2.17. The zero-order valence-corrected chi connectivity index (χ0v) is 16.1. The van der Waals surface area contributed by atoms with Gasteiger partial charge in [0.15, 0.2) is 11.6 Å². The highest BCUT2D eigenvalue weighted by Gasteiger charge is 2.16. The maximum atomic E-state index is 13.1. The third-order valence-electron chi connectivity index (χ3n) is 3.41. The van der Waals surface area contributed by atoms with Crippen LogP contribution in [0.15, 0.2) is 42.5 Å². The lowest BCUT2D eigenvalue weighted by Gasteiger charge is -2.19.